The summed E-state index contributed by atoms with van der Waals surface area (Å²) in [5.41, 5.74) is 2.42. The molecule has 4 rings (SSSR count). The normalized spacial score (nSPS) is 14.8. The van der Waals surface area contributed by atoms with Gasteiger partial charge in [0.25, 0.3) is 5.91 Å². The average Bonchev–Trinajstić information content (AvgIpc) is 3.17. The third-order valence-electron chi connectivity index (χ3n) is 4.91. The molecule has 1 N–H and O–H groups in total. The maximum Gasteiger partial charge on any atom is 0.257 e. The van der Waals surface area contributed by atoms with Gasteiger partial charge in [0.15, 0.2) is 5.65 Å². The highest BCUT2D eigenvalue weighted by molar-refractivity contribution is 6.06. The highest BCUT2D eigenvalue weighted by atomic mass is 16.5. The van der Waals surface area contributed by atoms with E-state index in [0.717, 1.165) is 31.7 Å². The van der Waals surface area contributed by atoms with Crippen molar-refractivity contribution in [3.8, 4) is 11.5 Å². The Morgan fingerprint density at radius 3 is 2.75 bits per heavy atom. The molecule has 146 valence electrons. The number of methoxy groups -OCH3 is 2. The second-order valence-corrected chi connectivity index (χ2v) is 6.58. The van der Waals surface area contributed by atoms with Crippen molar-refractivity contribution in [1.29, 1.82) is 0 Å². The number of nitrogens with one attached hydrogen (secondary N) is 1. The third kappa shape index (κ3) is 3.50. The van der Waals surface area contributed by atoms with Crippen molar-refractivity contribution < 1.29 is 19.0 Å². The standard InChI is InChI=1S/C20H22N4O4/c1-26-15-3-4-18(27-2)16(10-15)23-20(25)13-9-17-19(21-11-13)24(12-22-17)14-5-7-28-8-6-14/h3-4,9-12,14H,5-8H2,1-2H3,(H,23,25). The van der Waals surface area contributed by atoms with Crippen LogP contribution in [0.1, 0.15) is 29.2 Å². The predicted octanol–water partition coefficient (Wildman–Crippen LogP) is 3.05. The molecule has 28 heavy (non-hydrogen) atoms. The van der Waals surface area contributed by atoms with Crippen LogP contribution in [-0.4, -0.2) is 47.9 Å². The number of carbonyl (C=O) groups excluding carboxylic acids is 1. The molecule has 1 aliphatic rings. The minimum absolute atomic E-state index is 0.290. The SMILES string of the molecule is COc1ccc(OC)c(NC(=O)c2cnc3c(c2)ncn3C2CCOCC2)c1. The molecule has 0 atom stereocenters. The molecule has 0 radical (unpaired) electrons. The van der Waals surface area contributed by atoms with E-state index in [1.54, 1.807) is 51.0 Å². The van der Waals surface area contributed by atoms with E-state index in [1.807, 2.05) is 0 Å². The number of rotatable bonds is 5. The van der Waals surface area contributed by atoms with Crippen LogP contribution in [0.25, 0.3) is 11.2 Å². The maximum atomic E-state index is 12.7. The monoisotopic (exact) mass is 382 g/mol. The first kappa shape index (κ1) is 18.2. The second-order valence-electron chi connectivity index (χ2n) is 6.58. The minimum Gasteiger partial charge on any atom is -0.497 e. The zero-order valence-electron chi connectivity index (χ0n) is 15.8. The molecule has 2 aromatic heterocycles. The Bertz CT molecular complexity index is 995. The lowest BCUT2D eigenvalue weighted by atomic mass is 10.1. The summed E-state index contributed by atoms with van der Waals surface area (Å²) in [6.45, 7) is 1.49. The number of pyridine rings is 1. The van der Waals surface area contributed by atoms with E-state index in [0.29, 0.717) is 34.3 Å². The molecular formula is C20H22N4O4. The maximum absolute atomic E-state index is 12.7. The Balaban J connectivity index is 1.58. The lowest BCUT2D eigenvalue weighted by Crippen LogP contribution is -2.19. The largest absolute Gasteiger partial charge is 0.497 e. The van der Waals surface area contributed by atoms with E-state index in [9.17, 15) is 4.79 Å². The highest BCUT2D eigenvalue weighted by Crippen LogP contribution is 2.30. The first-order valence-corrected chi connectivity index (χ1v) is 9.13. The van der Waals surface area contributed by atoms with Gasteiger partial charge in [-0.3, -0.25) is 4.79 Å². The number of imidazole rings is 1. The van der Waals surface area contributed by atoms with Gasteiger partial charge < -0.3 is 24.1 Å². The van der Waals surface area contributed by atoms with Crippen LogP contribution in [0.4, 0.5) is 5.69 Å². The molecular weight excluding hydrogens is 360 g/mol. The first-order valence-electron chi connectivity index (χ1n) is 9.13. The highest BCUT2D eigenvalue weighted by Gasteiger charge is 2.19. The minimum atomic E-state index is -0.290. The third-order valence-corrected chi connectivity index (χ3v) is 4.91. The lowest BCUT2D eigenvalue weighted by Gasteiger charge is -2.23. The molecule has 0 aliphatic carbocycles. The van der Waals surface area contributed by atoms with Crippen molar-refractivity contribution in [3.05, 3.63) is 42.4 Å². The fourth-order valence-electron chi connectivity index (χ4n) is 3.38. The van der Waals surface area contributed by atoms with Gasteiger partial charge in [-0.25, -0.2) is 9.97 Å². The lowest BCUT2D eigenvalue weighted by molar-refractivity contribution is 0.0704. The molecule has 3 heterocycles. The predicted molar refractivity (Wildman–Crippen MR) is 104 cm³/mol. The number of nitrogens with zero attached hydrogens (tertiary/aromatic N) is 3. The summed E-state index contributed by atoms with van der Waals surface area (Å²) in [4.78, 5) is 21.7. The van der Waals surface area contributed by atoms with Gasteiger partial charge in [0.2, 0.25) is 0 Å². The Kier molecular flexibility index (Phi) is 5.12. The number of benzene rings is 1. The summed E-state index contributed by atoms with van der Waals surface area (Å²) in [6, 6.07) is 7.30. The second kappa shape index (κ2) is 7.85. The molecule has 0 spiro atoms. The summed E-state index contributed by atoms with van der Waals surface area (Å²) < 4.78 is 18.0. The molecule has 8 nitrogen and oxygen atoms in total. The van der Waals surface area contributed by atoms with Gasteiger partial charge in [-0.2, -0.15) is 0 Å². The van der Waals surface area contributed by atoms with Crippen molar-refractivity contribution >= 4 is 22.8 Å². The summed E-state index contributed by atoms with van der Waals surface area (Å²) >= 11 is 0. The van der Waals surface area contributed by atoms with Crippen LogP contribution >= 0.6 is 0 Å². The van der Waals surface area contributed by atoms with Crippen molar-refractivity contribution in [2.24, 2.45) is 0 Å². The van der Waals surface area contributed by atoms with Crippen molar-refractivity contribution in [2.75, 3.05) is 32.8 Å². The first-order chi connectivity index (χ1) is 13.7. The average molecular weight is 382 g/mol. The van der Waals surface area contributed by atoms with Gasteiger partial charge in [0.05, 0.1) is 31.8 Å². The van der Waals surface area contributed by atoms with Crippen LogP contribution in [0.15, 0.2) is 36.8 Å². The molecule has 3 aromatic rings. The molecule has 8 heteroatoms. The Labute approximate surface area is 162 Å². The summed E-state index contributed by atoms with van der Waals surface area (Å²) in [7, 11) is 3.12. The van der Waals surface area contributed by atoms with Crippen LogP contribution in [0.2, 0.25) is 0 Å². The van der Waals surface area contributed by atoms with Gasteiger partial charge in [-0.05, 0) is 31.0 Å². The van der Waals surface area contributed by atoms with Crippen LogP contribution < -0.4 is 14.8 Å². The summed E-state index contributed by atoms with van der Waals surface area (Å²) in [6.07, 6.45) is 5.23. The van der Waals surface area contributed by atoms with E-state index in [4.69, 9.17) is 14.2 Å². The smallest absolute Gasteiger partial charge is 0.257 e. The quantitative estimate of drug-likeness (QED) is 0.730. The molecule has 1 amide bonds. The topological polar surface area (TPSA) is 87.5 Å². The number of hydrogen-bond acceptors (Lipinski definition) is 6. The van der Waals surface area contributed by atoms with Gasteiger partial charge in [-0.15, -0.1) is 0 Å². The Hall–Kier alpha value is -3.13. The molecule has 0 saturated carbocycles. The Morgan fingerprint density at radius 1 is 1.18 bits per heavy atom. The molecule has 0 unspecified atom stereocenters. The zero-order valence-corrected chi connectivity index (χ0v) is 15.8. The summed E-state index contributed by atoms with van der Waals surface area (Å²) in [5, 5.41) is 2.85. The number of anilines is 1. The number of amides is 1. The molecule has 0 bridgehead atoms. The molecule has 1 aliphatic heterocycles. The van der Waals surface area contributed by atoms with Crippen molar-refractivity contribution in [3.63, 3.8) is 0 Å². The zero-order chi connectivity index (χ0) is 19.5. The summed E-state index contributed by atoms with van der Waals surface area (Å²) in [5.74, 6) is 0.883. The number of hydrogen-bond donors (Lipinski definition) is 1. The Morgan fingerprint density at radius 2 is 2.00 bits per heavy atom. The fourth-order valence-corrected chi connectivity index (χ4v) is 3.38. The van der Waals surface area contributed by atoms with E-state index >= 15 is 0 Å². The number of ether oxygens (including phenoxy) is 3. The van der Waals surface area contributed by atoms with E-state index in [-0.39, 0.29) is 5.91 Å². The van der Waals surface area contributed by atoms with E-state index in [2.05, 4.69) is 19.9 Å². The molecule has 1 fully saturated rings. The van der Waals surface area contributed by atoms with Crippen LogP contribution in [0.5, 0.6) is 11.5 Å². The van der Waals surface area contributed by atoms with Crippen molar-refractivity contribution in [2.45, 2.75) is 18.9 Å². The van der Waals surface area contributed by atoms with Crippen molar-refractivity contribution in [1.82, 2.24) is 14.5 Å². The van der Waals surface area contributed by atoms with Gasteiger partial charge in [0, 0.05) is 31.5 Å². The van der Waals surface area contributed by atoms with E-state index in [1.165, 1.54) is 0 Å². The van der Waals surface area contributed by atoms with Gasteiger partial charge >= 0.3 is 0 Å². The van der Waals surface area contributed by atoms with Crippen LogP contribution in [0, 0.1) is 0 Å². The number of fused-ring (bicyclic) bond motifs is 1. The number of aromatic nitrogens is 3. The molecule has 1 aromatic carbocycles. The number of carbonyl (C=O) groups is 1. The van der Waals surface area contributed by atoms with E-state index < -0.39 is 0 Å². The molecule has 1 saturated heterocycles. The van der Waals surface area contributed by atoms with Crippen LogP contribution in [-0.2, 0) is 4.74 Å². The van der Waals surface area contributed by atoms with Gasteiger partial charge in [-0.1, -0.05) is 0 Å². The van der Waals surface area contributed by atoms with Crippen LogP contribution in [0.3, 0.4) is 0 Å². The van der Waals surface area contributed by atoms with Gasteiger partial charge in [0.1, 0.15) is 17.0 Å². The fraction of sp³-hybridized carbons (Fsp3) is 0.350.